The largest absolute Gasteiger partial charge is 0.323 e. The lowest BCUT2D eigenvalue weighted by atomic mass is 10.1. The van der Waals surface area contributed by atoms with Gasteiger partial charge in [-0.1, -0.05) is 6.07 Å². The summed E-state index contributed by atoms with van der Waals surface area (Å²) in [6.45, 7) is 0. The van der Waals surface area contributed by atoms with Gasteiger partial charge in [0.15, 0.2) is 0 Å². The molecular formula is C8H8IN3. The van der Waals surface area contributed by atoms with Crippen molar-refractivity contribution in [3.8, 4) is 6.07 Å². The van der Waals surface area contributed by atoms with Gasteiger partial charge in [0.25, 0.3) is 0 Å². The third kappa shape index (κ3) is 2.43. The van der Waals surface area contributed by atoms with Gasteiger partial charge in [0.1, 0.15) is 3.70 Å². The van der Waals surface area contributed by atoms with E-state index in [1.165, 1.54) is 0 Å². The number of hydrogen-bond acceptors (Lipinski definition) is 3. The molecular weight excluding hydrogens is 265 g/mol. The average molecular weight is 273 g/mol. The molecule has 0 saturated carbocycles. The summed E-state index contributed by atoms with van der Waals surface area (Å²) in [7, 11) is 0. The zero-order valence-corrected chi connectivity index (χ0v) is 8.52. The Bertz CT molecular complexity index is 288. The second-order valence-corrected chi connectivity index (χ2v) is 3.49. The number of aromatic nitrogens is 1. The summed E-state index contributed by atoms with van der Waals surface area (Å²) in [4.78, 5) is 4.08. The van der Waals surface area contributed by atoms with Crippen molar-refractivity contribution in [2.45, 2.75) is 12.5 Å². The van der Waals surface area contributed by atoms with Crippen LogP contribution in [0.5, 0.6) is 0 Å². The van der Waals surface area contributed by atoms with E-state index in [0.717, 1.165) is 9.26 Å². The maximum absolute atomic E-state index is 8.40. The molecule has 0 amide bonds. The molecule has 0 saturated heterocycles. The fourth-order valence-electron chi connectivity index (χ4n) is 0.823. The minimum Gasteiger partial charge on any atom is -0.323 e. The molecule has 62 valence electrons. The van der Waals surface area contributed by atoms with E-state index in [1.807, 2.05) is 18.2 Å². The molecule has 0 aliphatic rings. The Morgan fingerprint density at radius 1 is 1.67 bits per heavy atom. The molecule has 1 aromatic rings. The standard InChI is InChI=1S/C8H8IN3/c9-8-2-1-6(5-12-8)7(11)3-4-10/h1-2,5,7H,3,11H2/t7-/m0/s1. The number of halogens is 1. The number of nitrogens with two attached hydrogens (primary N) is 1. The van der Waals surface area contributed by atoms with E-state index in [2.05, 4.69) is 27.6 Å². The molecule has 0 aliphatic heterocycles. The normalized spacial score (nSPS) is 12.1. The highest BCUT2D eigenvalue weighted by molar-refractivity contribution is 14.1. The SMILES string of the molecule is N#CC[C@H](N)c1ccc(I)nc1. The van der Waals surface area contributed by atoms with Gasteiger partial charge in [0.05, 0.1) is 12.5 Å². The van der Waals surface area contributed by atoms with E-state index in [1.54, 1.807) is 6.20 Å². The van der Waals surface area contributed by atoms with Crippen LogP contribution in [0, 0.1) is 15.0 Å². The van der Waals surface area contributed by atoms with Crippen LogP contribution in [0.1, 0.15) is 18.0 Å². The molecule has 0 aliphatic carbocycles. The lowest BCUT2D eigenvalue weighted by molar-refractivity contribution is 0.743. The van der Waals surface area contributed by atoms with Gasteiger partial charge in [0, 0.05) is 12.2 Å². The van der Waals surface area contributed by atoms with Gasteiger partial charge in [0.2, 0.25) is 0 Å². The number of nitriles is 1. The Balaban J connectivity index is 2.76. The van der Waals surface area contributed by atoms with Crippen molar-refractivity contribution < 1.29 is 0 Å². The summed E-state index contributed by atoms with van der Waals surface area (Å²) >= 11 is 2.12. The van der Waals surface area contributed by atoms with Gasteiger partial charge in [-0.3, -0.25) is 0 Å². The summed E-state index contributed by atoms with van der Waals surface area (Å²) < 4.78 is 0.931. The summed E-state index contributed by atoms with van der Waals surface area (Å²) in [6.07, 6.45) is 2.05. The van der Waals surface area contributed by atoms with Crippen LogP contribution in [0.4, 0.5) is 0 Å². The van der Waals surface area contributed by atoms with Crippen molar-refractivity contribution in [3.05, 3.63) is 27.6 Å². The highest BCUT2D eigenvalue weighted by Gasteiger charge is 2.04. The Morgan fingerprint density at radius 2 is 2.42 bits per heavy atom. The predicted octanol–water partition coefficient (Wildman–Crippen LogP) is 1.60. The number of rotatable bonds is 2. The summed E-state index contributed by atoms with van der Waals surface area (Å²) in [5.41, 5.74) is 6.60. The zero-order valence-electron chi connectivity index (χ0n) is 6.37. The Labute approximate surface area is 84.7 Å². The summed E-state index contributed by atoms with van der Waals surface area (Å²) in [5.74, 6) is 0. The lowest BCUT2D eigenvalue weighted by Gasteiger charge is -2.05. The van der Waals surface area contributed by atoms with Crippen LogP contribution in [0.2, 0.25) is 0 Å². The van der Waals surface area contributed by atoms with Crippen LogP contribution in [-0.4, -0.2) is 4.98 Å². The van der Waals surface area contributed by atoms with Crippen molar-refractivity contribution >= 4 is 22.6 Å². The average Bonchev–Trinajstić information content (AvgIpc) is 2.06. The topological polar surface area (TPSA) is 62.7 Å². The summed E-state index contributed by atoms with van der Waals surface area (Å²) in [6, 6.07) is 5.60. The smallest absolute Gasteiger partial charge is 0.101 e. The van der Waals surface area contributed by atoms with E-state index < -0.39 is 0 Å². The van der Waals surface area contributed by atoms with Crippen molar-refractivity contribution in [2.75, 3.05) is 0 Å². The highest BCUT2D eigenvalue weighted by Crippen LogP contribution is 2.12. The highest BCUT2D eigenvalue weighted by atomic mass is 127. The number of nitrogens with zero attached hydrogens (tertiary/aromatic N) is 2. The maximum Gasteiger partial charge on any atom is 0.101 e. The van der Waals surface area contributed by atoms with Gasteiger partial charge in [-0.2, -0.15) is 5.26 Å². The first-order valence-electron chi connectivity index (χ1n) is 3.48. The van der Waals surface area contributed by atoms with Gasteiger partial charge < -0.3 is 5.73 Å². The van der Waals surface area contributed by atoms with Gasteiger partial charge >= 0.3 is 0 Å². The molecule has 0 aromatic carbocycles. The molecule has 1 rings (SSSR count). The van der Waals surface area contributed by atoms with E-state index in [4.69, 9.17) is 11.0 Å². The Kier molecular flexibility index (Phi) is 3.44. The van der Waals surface area contributed by atoms with Crippen LogP contribution in [-0.2, 0) is 0 Å². The van der Waals surface area contributed by atoms with E-state index in [-0.39, 0.29) is 6.04 Å². The fourth-order valence-corrected chi connectivity index (χ4v) is 1.14. The van der Waals surface area contributed by atoms with E-state index >= 15 is 0 Å². The number of pyridine rings is 1. The van der Waals surface area contributed by atoms with Crippen LogP contribution in [0.15, 0.2) is 18.3 Å². The quantitative estimate of drug-likeness (QED) is 0.657. The summed E-state index contributed by atoms with van der Waals surface area (Å²) in [5, 5.41) is 8.40. The molecule has 1 atom stereocenters. The molecule has 0 radical (unpaired) electrons. The minimum atomic E-state index is -0.209. The fraction of sp³-hybridized carbons (Fsp3) is 0.250. The van der Waals surface area contributed by atoms with E-state index in [0.29, 0.717) is 6.42 Å². The maximum atomic E-state index is 8.40. The van der Waals surface area contributed by atoms with Crippen LogP contribution in [0.3, 0.4) is 0 Å². The minimum absolute atomic E-state index is 0.209. The molecule has 0 bridgehead atoms. The van der Waals surface area contributed by atoms with Crippen LogP contribution < -0.4 is 5.73 Å². The molecule has 12 heavy (non-hydrogen) atoms. The molecule has 0 fully saturated rings. The molecule has 0 unspecified atom stereocenters. The predicted molar refractivity (Wildman–Crippen MR) is 54.1 cm³/mol. The first-order valence-corrected chi connectivity index (χ1v) is 4.56. The van der Waals surface area contributed by atoms with Gasteiger partial charge in [-0.15, -0.1) is 0 Å². The number of hydrogen-bond donors (Lipinski definition) is 1. The molecule has 3 nitrogen and oxygen atoms in total. The van der Waals surface area contributed by atoms with Crippen molar-refractivity contribution in [2.24, 2.45) is 5.73 Å². The van der Waals surface area contributed by atoms with Gasteiger partial charge in [-0.25, -0.2) is 4.98 Å². The van der Waals surface area contributed by atoms with Crippen molar-refractivity contribution in [1.82, 2.24) is 4.98 Å². The van der Waals surface area contributed by atoms with Crippen LogP contribution in [0.25, 0.3) is 0 Å². The second-order valence-electron chi connectivity index (χ2n) is 2.38. The van der Waals surface area contributed by atoms with Crippen LogP contribution >= 0.6 is 22.6 Å². The Hall–Kier alpha value is -0.670. The van der Waals surface area contributed by atoms with E-state index in [9.17, 15) is 0 Å². The molecule has 4 heteroatoms. The lowest BCUT2D eigenvalue weighted by Crippen LogP contribution is -2.09. The second kappa shape index (κ2) is 4.38. The molecule has 0 spiro atoms. The first kappa shape index (κ1) is 9.42. The molecule has 2 N–H and O–H groups in total. The monoisotopic (exact) mass is 273 g/mol. The Morgan fingerprint density at radius 3 is 2.92 bits per heavy atom. The molecule has 1 heterocycles. The van der Waals surface area contributed by atoms with Crippen molar-refractivity contribution in [1.29, 1.82) is 5.26 Å². The van der Waals surface area contributed by atoms with Crippen molar-refractivity contribution in [3.63, 3.8) is 0 Å². The molecule has 1 aromatic heterocycles. The third-order valence-corrected chi connectivity index (χ3v) is 2.13. The van der Waals surface area contributed by atoms with Gasteiger partial charge in [-0.05, 0) is 34.2 Å². The first-order chi connectivity index (χ1) is 5.74. The third-order valence-electron chi connectivity index (χ3n) is 1.49. The zero-order chi connectivity index (χ0) is 8.97.